The summed E-state index contributed by atoms with van der Waals surface area (Å²) in [5.41, 5.74) is -3.30. The van der Waals surface area contributed by atoms with Crippen molar-refractivity contribution in [2.45, 2.75) is 37.3 Å². The molecule has 1 heterocycles. The first-order valence-electron chi connectivity index (χ1n) is 11.4. The molecular formula is C23H21F7N4O4. The monoisotopic (exact) mass is 550 g/mol. The predicted octanol–water partition coefficient (Wildman–Crippen LogP) is 4.88. The molecule has 1 atom stereocenters. The van der Waals surface area contributed by atoms with Crippen molar-refractivity contribution in [3.05, 3.63) is 57.9 Å². The van der Waals surface area contributed by atoms with Crippen LogP contribution in [-0.2, 0) is 11.0 Å². The zero-order valence-electron chi connectivity index (χ0n) is 19.5. The van der Waals surface area contributed by atoms with E-state index in [1.54, 1.807) is 0 Å². The van der Waals surface area contributed by atoms with Crippen molar-refractivity contribution in [1.82, 2.24) is 10.2 Å². The number of anilines is 1. The summed E-state index contributed by atoms with van der Waals surface area (Å²) in [4.78, 5) is 24.3. The molecule has 0 aromatic heterocycles. The normalized spacial score (nSPS) is 18.3. The van der Waals surface area contributed by atoms with Gasteiger partial charge in [0.1, 0.15) is 17.0 Å². The Morgan fingerprint density at radius 1 is 1.11 bits per heavy atom. The van der Waals surface area contributed by atoms with E-state index in [-0.39, 0.29) is 19.6 Å². The summed E-state index contributed by atoms with van der Waals surface area (Å²) in [6.45, 7) is -1.03. The first kappa shape index (κ1) is 27.4. The molecule has 2 aliphatic rings. The maximum Gasteiger partial charge on any atom is 0.471 e. The molecule has 1 N–H and O–H groups in total. The number of amides is 1. The minimum absolute atomic E-state index is 0.0315. The molecule has 2 fully saturated rings. The number of nitro groups is 1. The van der Waals surface area contributed by atoms with Crippen LogP contribution in [0.15, 0.2) is 36.4 Å². The van der Waals surface area contributed by atoms with E-state index in [9.17, 15) is 45.6 Å². The van der Waals surface area contributed by atoms with Crippen molar-refractivity contribution in [3.63, 3.8) is 0 Å². The number of halogens is 7. The number of alkyl halides is 6. The second-order valence-electron chi connectivity index (χ2n) is 8.88. The minimum Gasteiger partial charge on any atom is -0.454 e. The molecule has 1 aliphatic carbocycles. The Morgan fingerprint density at radius 2 is 1.79 bits per heavy atom. The summed E-state index contributed by atoms with van der Waals surface area (Å²) in [6, 6.07) is 4.61. The Bertz CT molecular complexity index is 1220. The topological polar surface area (TPSA) is 88.0 Å². The number of rotatable bonds is 7. The van der Waals surface area contributed by atoms with E-state index < -0.39 is 76.1 Å². The highest BCUT2D eigenvalue weighted by Crippen LogP contribution is 2.48. The second kappa shape index (κ2) is 10.3. The van der Waals surface area contributed by atoms with E-state index in [0.29, 0.717) is 23.8 Å². The molecule has 0 radical (unpaired) electrons. The summed E-state index contributed by atoms with van der Waals surface area (Å²) in [5.74, 6) is -4.44. The van der Waals surface area contributed by atoms with Crippen molar-refractivity contribution in [2.75, 3.05) is 31.1 Å². The number of para-hydroxylation sites is 1. The van der Waals surface area contributed by atoms with Gasteiger partial charge >= 0.3 is 18.3 Å². The van der Waals surface area contributed by atoms with Gasteiger partial charge in [-0.3, -0.25) is 14.9 Å². The number of ether oxygens (including phenoxy) is 1. The number of nitro benzene ring substituents is 1. The zero-order chi connectivity index (χ0) is 27.8. The molecule has 2 aromatic rings. The SMILES string of the molecule is O=C(N(C[C@H]1CN(c2c([N+](=O)[O-])ccc(Oc3ccccc3F)c2C(F)(F)F)CCN1)C1CC1)C(F)(F)F. The summed E-state index contributed by atoms with van der Waals surface area (Å²) in [6.07, 6.45) is -9.60. The van der Waals surface area contributed by atoms with Crippen LogP contribution in [0.3, 0.4) is 0 Å². The number of piperazine rings is 1. The molecule has 1 saturated heterocycles. The highest BCUT2D eigenvalue weighted by atomic mass is 19.4. The molecule has 2 aromatic carbocycles. The van der Waals surface area contributed by atoms with Crippen molar-refractivity contribution in [1.29, 1.82) is 0 Å². The van der Waals surface area contributed by atoms with E-state index in [2.05, 4.69) is 5.32 Å². The quantitative estimate of drug-likeness (QED) is 0.301. The average Bonchev–Trinajstić information content (AvgIpc) is 3.67. The van der Waals surface area contributed by atoms with Crippen LogP contribution >= 0.6 is 0 Å². The summed E-state index contributed by atoms with van der Waals surface area (Å²) < 4.78 is 102. The van der Waals surface area contributed by atoms with Crippen LogP contribution in [0.2, 0.25) is 0 Å². The number of carbonyl (C=O) groups excluding carboxylic acids is 1. The van der Waals surface area contributed by atoms with Gasteiger partial charge in [-0.1, -0.05) is 12.1 Å². The van der Waals surface area contributed by atoms with Crippen LogP contribution in [0.25, 0.3) is 0 Å². The Hall–Kier alpha value is -3.62. The molecule has 1 amide bonds. The molecule has 38 heavy (non-hydrogen) atoms. The van der Waals surface area contributed by atoms with E-state index in [0.717, 1.165) is 23.1 Å². The molecule has 206 valence electrons. The number of hydrogen-bond donors (Lipinski definition) is 1. The van der Waals surface area contributed by atoms with Gasteiger partial charge in [0.05, 0.1) is 4.92 Å². The third-order valence-corrected chi connectivity index (χ3v) is 6.13. The average molecular weight is 550 g/mol. The smallest absolute Gasteiger partial charge is 0.454 e. The summed E-state index contributed by atoms with van der Waals surface area (Å²) >= 11 is 0. The maximum absolute atomic E-state index is 14.4. The first-order valence-corrected chi connectivity index (χ1v) is 11.4. The van der Waals surface area contributed by atoms with Crippen molar-refractivity contribution in [2.24, 2.45) is 0 Å². The van der Waals surface area contributed by atoms with Crippen LogP contribution in [0, 0.1) is 15.9 Å². The molecule has 0 bridgehead atoms. The fraction of sp³-hybridized carbons (Fsp3) is 0.435. The number of benzene rings is 2. The number of nitrogens with zero attached hydrogens (tertiary/aromatic N) is 3. The second-order valence-corrected chi connectivity index (χ2v) is 8.88. The van der Waals surface area contributed by atoms with Gasteiger partial charge in [0, 0.05) is 44.3 Å². The third-order valence-electron chi connectivity index (χ3n) is 6.13. The van der Waals surface area contributed by atoms with E-state index in [1.807, 2.05) is 0 Å². The predicted molar refractivity (Wildman–Crippen MR) is 119 cm³/mol. The van der Waals surface area contributed by atoms with Gasteiger partial charge in [0.2, 0.25) is 0 Å². The van der Waals surface area contributed by atoms with Crippen molar-refractivity contribution < 1.29 is 45.2 Å². The first-order chi connectivity index (χ1) is 17.8. The summed E-state index contributed by atoms with van der Waals surface area (Å²) in [5, 5.41) is 14.6. The van der Waals surface area contributed by atoms with Gasteiger partial charge < -0.3 is 19.9 Å². The van der Waals surface area contributed by atoms with Crippen LogP contribution in [0.1, 0.15) is 18.4 Å². The van der Waals surface area contributed by atoms with Crippen LogP contribution < -0.4 is 15.0 Å². The van der Waals surface area contributed by atoms with Gasteiger partial charge in [-0.05, 0) is 31.0 Å². The van der Waals surface area contributed by atoms with Gasteiger partial charge in [0.15, 0.2) is 11.6 Å². The van der Waals surface area contributed by atoms with Crippen molar-refractivity contribution >= 4 is 17.3 Å². The van der Waals surface area contributed by atoms with Gasteiger partial charge in [-0.15, -0.1) is 0 Å². The maximum atomic E-state index is 14.4. The zero-order valence-corrected chi connectivity index (χ0v) is 19.5. The van der Waals surface area contributed by atoms with Gasteiger partial charge in [-0.2, -0.15) is 26.3 Å². The van der Waals surface area contributed by atoms with Gasteiger partial charge in [0.25, 0.3) is 5.69 Å². The molecule has 1 aliphatic heterocycles. The lowest BCUT2D eigenvalue weighted by Gasteiger charge is -2.38. The van der Waals surface area contributed by atoms with E-state index in [4.69, 9.17) is 4.74 Å². The van der Waals surface area contributed by atoms with Crippen LogP contribution in [0.5, 0.6) is 11.5 Å². The minimum atomic E-state index is -5.19. The van der Waals surface area contributed by atoms with Crippen LogP contribution in [-0.4, -0.2) is 60.2 Å². The summed E-state index contributed by atoms with van der Waals surface area (Å²) in [7, 11) is 0. The standard InChI is InChI=1S/C23H21F7N4O4/c24-15-3-1-2-4-17(15)38-18-8-7-16(34(36)37)20(19(18)22(25,26)27)32-10-9-31-13(11-32)12-33(14-5-6-14)21(35)23(28,29)30/h1-4,7-8,13-14,31H,5-6,9-12H2/t13-/m1/s1. The lowest BCUT2D eigenvalue weighted by atomic mass is 10.1. The molecule has 0 unspecified atom stereocenters. The largest absolute Gasteiger partial charge is 0.471 e. The highest BCUT2D eigenvalue weighted by Gasteiger charge is 2.48. The van der Waals surface area contributed by atoms with E-state index in [1.165, 1.54) is 12.1 Å². The lowest BCUT2D eigenvalue weighted by Crippen LogP contribution is -2.57. The van der Waals surface area contributed by atoms with Gasteiger partial charge in [-0.25, -0.2) is 4.39 Å². The number of nitrogens with one attached hydrogen (secondary N) is 1. The molecular weight excluding hydrogens is 529 g/mol. The molecule has 8 nitrogen and oxygen atoms in total. The van der Waals surface area contributed by atoms with Crippen LogP contribution in [0.4, 0.5) is 42.1 Å². The third kappa shape index (κ3) is 5.92. The number of hydrogen-bond acceptors (Lipinski definition) is 6. The Morgan fingerprint density at radius 3 is 2.37 bits per heavy atom. The van der Waals surface area contributed by atoms with E-state index >= 15 is 0 Å². The Kier molecular flexibility index (Phi) is 7.41. The molecule has 15 heteroatoms. The molecule has 1 saturated carbocycles. The highest BCUT2D eigenvalue weighted by molar-refractivity contribution is 5.82. The van der Waals surface area contributed by atoms with Crippen molar-refractivity contribution in [3.8, 4) is 11.5 Å². The lowest BCUT2D eigenvalue weighted by molar-refractivity contribution is -0.384. The number of carbonyl (C=O) groups is 1. The Balaban J connectivity index is 1.71. The fourth-order valence-electron chi connectivity index (χ4n) is 4.37. The molecule has 0 spiro atoms. The fourth-order valence-corrected chi connectivity index (χ4v) is 4.37. The Labute approximate surface area is 211 Å². The molecule has 4 rings (SSSR count).